The first-order valence-corrected chi connectivity index (χ1v) is 10.4. The van der Waals surface area contributed by atoms with Gasteiger partial charge in [0.1, 0.15) is 10.1 Å². The molecular weight excluding hydrogens is 435 g/mol. The maximum atomic E-state index is 13.1. The molecule has 4 rings (SSSR count). The number of nitrogens with zero attached hydrogens (tertiary/aromatic N) is 2. The van der Waals surface area contributed by atoms with E-state index in [9.17, 15) is 14.0 Å². The van der Waals surface area contributed by atoms with Gasteiger partial charge in [-0.25, -0.2) is 14.2 Å². The van der Waals surface area contributed by atoms with Crippen LogP contribution in [0.2, 0.25) is 0 Å². The van der Waals surface area contributed by atoms with Crippen molar-refractivity contribution in [1.82, 2.24) is 9.88 Å². The number of amides is 1. The molecule has 5 nitrogen and oxygen atoms in total. The van der Waals surface area contributed by atoms with E-state index in [0.29, 0.717) is 20.6 Å². The molecule has 2 heterocycles. The molecule has 1 amide bonds. The minimum Gasteiger partial charge on any atom is -0.478 e. The van der Waals surface area contributed by atoms with Crippen LogP contribution in [0.4, 0.5) is 4.39 Å². The van der Waals surface area contributed by atoms with Gasteiger partial charge in [-0.1, -0.05) is 54.3 Å². The number of halogens is 1. The molecule has 1 N–H and O–H groups in total. The van der Waals surface area contributed by atoms with Crippen LogP contribution < -0.4 is 0 Å². The second-order valence-electron chi connectivity index (χ2n) is 6.72. The Balaban J connectivity index is 1.55. The Hall–Kier alpha value is -3.36. The maximum absolute atomic E-state index is 13.1. The lowest BCUT2D eigenvalue weighted by Gasteiger charge is -2.14. The number of aromatic carboxylic acids is 1. The fourth-order valence-corrected chi connectivity index (χ4v) is 4.26. The number of carboxylic acids is 1. The molecule has 0 unspecified atom stereocenters. The SMILES string of the molecule is O=C(O)c1ccc(-c2cccc(C=C3SC(=S)N(Cc4ccc(F)cc4)C3=O)n2)cc1. The van der Waals surface area contributed by atoms with E-state index in [2.05, 4.69) is 4.98 Å². The van der Waals surface area contributed by atoms with E-state index in [-0.39, 0.29) is 23.8 Å². The topological polar surface area (TPSA) is 70.5 Å². The predicted octanol–water partition coefficient (Wildman–Crippen LogP) is 4.99. The summed E-state index contributed by atoms with van der Waals surface area (Å²) >= 11 is 6.55. The van der Waals surface area contributed by atoms with Gasteiger partial charge in [0, 0.05) is 5.56 Å². The monoisotopic (exact) mass is 450 g/mol. The largest absolute Gasteiger partial charge is 0.478 e. The Morgan fingerprint density at radius 2 is 1.81 bits per heavy atom. The van der Waals surface area contributed by atoms with Crippen molar-refractivity contribution >= 4 is 46.3 Å². The Labute approximate surface area is 187 Å². The molecule has 31 heavy (non-hydrogen) atoms. The number of rotatable bonds is 5. The van der Waals surface area contributed by atoms with Crippen molar-refractivity contribution in [3.05, 3.63) is 94.3 Å². The third-order valence-corrected chi connectivity index (χ3v) is 5.98. The van der Waals surface area contributed by atoms with Gasteiger partial charge in [0.2, 0.25) is 0 Å². The summed E-state index contributed by atoms with van der Waals surface area (Å²) in [4.78, 5) is 30.4. The number of carboxylic acid groups (broad SMARTS) is 1. The van der Waals surface area contributed by atoms with E-state index < -0.39 is 5.97 Å². The number of hydrogen-bond acceptors (Lipinski definition) is 5. The highest BCUT2D eigenvalue weighted by Crippen LogP contribution is 2.33. The molecule has 1 aliphatic rings. The fourth-order valence-electron chi connectivity index (χ4n) is 3.02. The second kappa shape index (κ2) is 8.79. The number of aromatic nitrogens is 1. The molecule has 2 aromatic carbocycles. The first-order valence-electron chi connectivity index (χ1n) is 9.21. The van der Waals surface area contributed by atoms with Crippen LogP contribution in [0.5, 0.6) is 0 Å². The number of carbonyl (C=O) groups excluding carboxylic acids is 1. The molecular formula is C23H15FN2O3S2. The summed E-state index contributed by atoms with van der Waals surface area (Å²) in [6.45, 7) is 0.270. The molecule has 0 spiro atoms. The predicted molar refractivity (Wildman–Crippen MR) is 122 cm³/mol. The van der Waals surface area contributed by atoms with Crippen molar-refractivity contribution in [2.75, 3.05) is 0 Å². The lowest BCUT2D eigenvalue weighted by atomic mass is 10.1. The molecule has 8 heteroatoms. The maximum Gasteiger partial charge on any atom is 0.335 e. The zero-order valence-electron chi connectivity index (χ0n) is 16.0. The molecule has 1 saturated heterocycles. The van der Waals surface area contributed by atoms with Crippen LogP contribution in [0.3, 0.4) is 0 Å². The smallest absolute Gasteiger partial charge is 0.335 e. The zero-order valence-corrected chi connectivity index (χ0v) is 17.6. The van der Waals surface area contributed by atoms with Gasteiger partial charge >= 0.3 is 5.97 Å². The zero-order chi connectivity index (χ0) is 22.0. The molecule has 0 atom stereocenters. The first-order chi connectivity index (χ1) is 14.9. The molecule has 1 aliphatic heterocycles. The third-order valence-electron chi connectivity index (χ3n) is 4.60. The van der Waals surface area contributed by atoms with Gasteiger partial charge in [0.05, 0.1) is 28.4 Å². The standard InChI is InChI=1S/C23H15FN2O3S2/c24-17-10-4-14(5-11-17)13-26-21(27)20(31-23(26)30)12-18-2-1-3-19(25-18)15-6-8-16(9-7-15)22(28)29/h1-12H,13H2,(H,28,29). The van der Waals surface area contributed by atoms with E-state index in [4.69, 9.17) is 17.3 Å². The summed E-state index contributed by atoms with van der Waals surface area (Å²) in [6.07, 6.45) is 1.68. The molecule has 3 aromatic rings. The van der Waals surface area contributed by atoms with Crippen molar-refractivity contribution in [2.24, 2.45) is 0 Å². The van der Waals surface area contributed by atoms with E-state index in [1.807, 2.05) is 12.1 Å². The van der Waals surface area contributed by atoms with Crippen LogP contribution in [0.15, 0.2) is 71.6 Å². The first kappa shape index (κ1) is 20.9. The van der Waals surface area contributed by atoms with Crippen molar-refractivity contribution < 1.29 is 19.1 Å². The lowest BCUT2D eigenvalue weighted by molar-refractivity contribution is -0.122. The molecule has 0 saturated carbocycles. The summed E-state index contributed by atoms with van der Waals surface area (Å²) in [5, 5.41) is 9.03. The highest BCUT2D eigenvalue weighted by molar-refractivity contribution is 8.26. The van der Waals surface area contributed by atoms with Crippen LogP contribution in [0.1, 0.15) is 21.6 Å². The Bertz CT molecular complexity index is 1210. The number of pyridine rings is 1. The van der Waals surface area contributed by atoms with Gasteiger partial charge in [-0.05, 0) is 48.0 Å². The highest BCUT2D eigenvalue weighted by Gasteiger charge is 2.32. The van der Waals surface area contributed by atoms with Gasteiger partial charge in [0.25, 0.3) is 5.91 Å². The van der Waals surface area contributed by atoms with E-state index >= 15 is 0 Å². The van der Waals surface area contributed by atoms with E-state index in [1.165, 1.54) is 40.9 Å². The minimum atomic E-state index is -0.990. The van der Waals surface area contributed by atoms with Crippen LogP contribution in [0, 0.1) is 5.82 Å². The van der Waals surface area contributed by atoms with Gasteiger partial charge in [-0.2, -0.15) is 0 Å². The molecule has 0 radical (unpaired) electrons. The molecule has 154 valence electrons. The summed E-state index contributed by atoms with van der Waals surface area (Å²) < 4.78 is 13.5. The molecule has 1 fully saturated rings. The summed E-state index contributed by atoms with van der Waals surface area (Å²) in [7, 11) is 0. The Morgan fingerprint density at radius 3 is 2.48 bits per heavy atom. The number of thioether (sulfide) groups is 1. The van der Waals surface area contributed by atoms with Crippen LogP contribution in [-0.2, 0) is 11.3 Å². The minimum absolute atomic E-state index is 0.199. The highest BCUT2D eigenvalue weighted by atomic mass is 32.2. The van der Waals surface area contributed by atoms with Crippen molar-refractivity contribution in [1.29, 1.82) is 0 Å². The van der Waals surface area contributed by atoms with Gasteiger partial charge in [0.15, 0.2) is 0 Å². The van der Waals surface area contributed by atoms with E-state index in [0.717, 1.165) is 11.1 Å². The second-order valence-corrected chi connectivity index (χ2v) is 8.40. The Morgan fingerprint density at radius 1 is 1.10 bits per heavy atom. The summed E-state index contributed by atoms with van der Waals surface area (Å²) in [5.41, 5.74) is 2.99. The molecule has 0 aliphatic carbocycles. The summed E-state index contributed by atoms with van der Waals surface area (Å²) in [5.74, 6) is -1.55. The van der Waals surface area contributed by atoms with Crippen LogP contribution >= 0.6 is 24.0 Å². The summed E-state index contributed by atoms with van der Waals surface area (Å²) in [6, 6.07) is 17.8. The average Bonchev–Trinajstić information content (AvgIpc) is 3.03. The van der Waals surface area contributed by atoms with Gasteiger partial charge in [-0.15, -0.1) is 0 Å². The van der Waals surface area contributed by atoms with Gasteiger partial charge in [-0.3, -0.25) is 9.69 Å². The number of benzene rings is 2. The van der Waals surface area contributed by atoms with Crippen molar-refractivity contribution in [2.45, 2.75) is 6.54 Å². The molecule has 0 bridgehead atoms. The lowest BCUT2D eigenvalue weighted by Crippen LogP contribution is -2.27. The quantitative estimate of drug-likeness (QED) is 0.436. The molecule has 1 aromatic heterocycles. The van der Waals surface area contributed by atoms with Crippen LogP contribution in [-0.4, -0.2) is 31.2 Å². The normalized spacial score (nSPS) is 15.0. The van der Waals surface area contributed by atoms with Crippen molar-refractivity contribution in [3.63, 3.8) is 0 Å². The average molecular weight is 451 g/mol. The number of carbonyl (C=O) groups is 2. The van der Waals surface area contributed by atoms with Crippen molar-refractivity contribution in [3.8, 4) is 11.3 Å². The van der Waals surface area contributed by atoms with Gasteiger partial charge < -0.3 is 5.11 Å². The van der Waals surface area contributed by atoms with E-state index in [1.54, 1.807) is 36.4 Å². The Kier molecular flexibility index (Phi) is 5.92. The number of hydrogen-bond donors (Lipinski definition) is 1. The van der Waals surface area contributed by atoms with Crippen LogP contribution in [0.25, 0.3) is 17.3 Å². The third kappa shape index (κ3) is 4.70. The number of thiocarbonyl (C=S) groups is 1. The fraction of sp³-hybridized carbons (Fsp3) is 0.0435.